The summed E-state index contributed by atoms with van der Waals surface area (Å²) in [6.07, 6.45) is 2.21. The standard InChI is InChI=1S/C27H31F4N3O4/c1-14(17-7-6-8-18(22(17)28)27(30,31)26(3,4)35)32-25-21-19(33-15(2)34-25)13-20(36-5)24(23(21)29)38-12-11-37-16-9-10-16/h6-8,13-14,16,35H,9-12H2,1-5H3,(H,32,33,34)/t14-/m1/s1. The highest BCUT2D eigenvalue weighted by atomic mass is 19.3. The van der Waals surface area contributed by atoms with Crippen LogP contribution in [0.25, 0.3) is 10.9 Å². The number of hydrogen-bond acceptors (Lipinski definition) is 7. The topological polar surface area (TPSA) is 85.7 Å². The van der Waals surface area contributed by atoms with Gasteiger partial charge in [-0.05, 0) is 46.6 Å². The van der Waals surface area contributed by atoms with Gasteiger partial charge >= 0.3 is 5.92 Å². The highest BCUT2D eigenvalue weighted by Crippen LogP contribution is 2.42. The molecule has 0 unspecified atom stereocenters. The van der Waals surface area contributed by atoms with Crippen molar-refractivity contribution in [3.63, 3.8) is 0 Å². The number of rotatable bonds is 11. The van der Waals surface area contributed by atoms with E-state index >= 15 is 8.78 Å². The van der Waals surface area contributed by atoms with Gasteiger partial charge in [-0.3, -0.25) is 0 Å². The Morgan fingerprint density at radius 2 is 1.84 bits per heavy atom. The number of alkyl halides is 2. The van der Waals surface area contributed by atoms with Gasteiger partial charge in [0.1, 0.15) is 29.7 Å². The van der Waals surface area contributed by atoms with Crippen molar-refractivity contribution in [3.8, 4) is 11.5 Å². The Morgan fingerprint density at radius 3 is 2.47 bits per heavy atom. The Hall–Kier alpha value is -3.18. The fraction of sp³-hybridized carbons (Fsp3) is 0.481. The highest BCUT2D eigenvalue weighted by molar-refractivity contribution is 5.92. The summed E-state index contributed by atoms with van der Waals surface area (Å²) in [7, 11) is 1.38. The molecule has 0 radical (unpaired) electrons. The van der Waals surface area contributed by atoms with E-state index in [2.05, 4.69) is 15.3 Å². The minimum atomic E-state index is -3.86. The van der Waals surface area contributed by atoms with E-state index in [0.29, 0.717) is 5.82 Å². The Kier molecular flexibility index (Phi) is 7.72. The molecule has 0 bridgehead atoms. The number of aromatic nitrogens is 2. The largest absolute Gasteiger partial charge is 0.493 e. The van der Waals surface area contributed by atoms with Crippen LogP contribution >= 0.6 is 0 Å². The van der Waals surface area contributed by atoms with Crippen molar-refractivity contribution in [1.82, 2.24) is 9.97 Å². The first-order chi connectivity index (χ1) is 17.8. The molecule has 1 aliphatic rings. The minimum Gasteiger partial charge on any atom is -0.493 e. The molecule has 1 heterocycles. The molecule has 1 aliphatic carbocycles. The third kappa shape index (κ3) is 5.49. The lowest BCUT2D eigenvalue weighted by molar-refractivity contribution is -0.170. The number of methoxy groups -OCH3 is 1. The lowest BCUT2D eigenvalue weighted by Crippen LogP contribution is -2.41. The number of benzene rings is 2. The van der Waals surface area contributed by atoms with Crippen molar-refractivity contribution >= 4 is 16.7 Å². The second-order valence-electron chi connectivity index (χ2n) is 9.86. The molecule has 0 spiro atoms. The molecule has 1 saturated carbocycles. The molecule has 0 aliphatic heterocycles. The molecule has 4 rings (SSSR count). The van der Waals surface area contributed by atoms with Crippen LogP contribution in [0.3, 0.4) is 0 Å². The number of halogens is 4. The maximum absolute atomic E-state index is 15.8. The Labute approximate surface area is 218 Å². The molecule has 0 amide bonds. The first-order valence-electron chi connectivity index (χ1n) is 12.3. The van der Waals surface area contributed by atoms with Crippen LogP contribution in [0.5, 0.6) is 11.5 Å². The average Bonchev–Trinajstić information content (AvgIpc) is 3.66. The van der Waals surface area contributed by atoms with E-state index in [0.717, 1.165) is 32.8 Å². The van der Waals surface area contributed by atoms with Crippen molar-refractivity contribution in [2.45, 2.75) is 64.2 Å². The lowest BCUT2D eigenvalue weighted by atomic mass is 9.91. The van der Waals surface area contributed by atoms with Crippen molar-refractivity contribution in [3.05, 3.63) is 52.9 Å². The van der Waals surface area contributed by atoms with Gasteiger partial charge in [-0.1, -0.05) is 12.1 Å². The molecule has 0 saturated heterocycles. The second-order valence-corrected chi connectivity index (χ2v) is 9.86. The maximum atomic E-state index is 15.8. The van der Waals surface area contributed by atoms with Crippen molar-refractivity contribution in [2.75, 3.05) is 25.6 Å². The molecule has 1 aromatic heterocycles. The average molecular weight is 538 g/mol. The molecule has 1 fully saturated rings. The van der Waals surface area contributed by atoms with Gasteiger partial charge in [0.05, 0.1) is 42.3 Å². The van der Waals surface area contributed by atoms with Crippen molar-refractivity contribution in [1.29, 1.82) is 0 Å². The normalized spacial score (nSPS) is 15.0. The lowest BCUT2D eigenvalue weighted by Gasteiger charge is -2.30. The van der Waals surface area contributed by atoms with Crippen LogP contribution in [-0.2, 0) is 10.7 Å². The summed E-state index contributed by atoms with van der Waals surface area (Å²) < 4.78 is 77.2. The molecule has 38 heavy (non-hydrogen) atoms. The van der Waals surface area contributed by atoms with Gasteiger partial charge < -0.3 is 24.6 Å². The summed E-state index contributed by atoms with van der Waals surface area (Å²) in [5.41, 5.74) is -3.34. The number of hydrogen-bond donors (Lipinski definition) is 2. The van der Waals surface area contributed by atoms with Crippen LogP contribution in [0.4, 0.5) is 23.4 Å². The quantitative estimate of drug-likeness (QED) is 0.236. The van der Waals surface area contributed by atoms with Gasteiger partial charge in [-0.2, -0.15) is 8.78 Å². The SMILES string of the molecule is COc1cc2nc(C)nc(N[C@H](C)c3cccc(C(F)(F)C(C)(C)O)c3F)c2c(F)c1OCCOC1CC1. The zero-order valence-corrected chi connectivity index (χ0v) is 21.9. The third-order valence-corrected chi connectivity index (χ3v) is 6.34. The highest BCUT2D eigenvalue weighted by Gasteiger charge is 2.49. The minimum absolute atomic E-state index is 0.0262. The second kappa shape index (κ2) is 10.5. The third-order valence-electron chi connectivity index (χ3n) is 6.34. The number of nitrogens with zero attached hydrogens (tertiary/aromatic N) is 2. The molecule has 206 valence electrons. The molecule has 1 atom stereocenters. The molecule has 2 N–H and O–H groups in total. The molecule has 11 heteroatoms. The van der Waals surface area contributed by atoms with Gasteiger partial charge in [-0.25, -0.2) is 18.7 Å². The number of anilines is 1. The van der Waals surface area contributed by atoms with Crippen LogP contribution in [-0.4, -0.2) is 47.1 Å². The van der Waals surface area contributed by atoms with E-state index in [9.17, 15) is 13.9 Å². The van der Waals surface area contributed by atoms with Crippen molar-refractivity contribution in [2.24, 2.45) is 0 Å². The van der Waals surface area contributed by atoms with Crippen LogP contribution < -0.4 is 14.8 Å². The molecule has 2 aromatic carbocycles. The van der Waals surface area contributed by atoms with E-state index in [4.69, 9.17) is 14.2 Å². The molecular weight excluding hydrogens is 506 g/mol. The summed E-state index contributed by atoms with van der Waals surface area (Å²) in [6.45, 7) is 5.32. The Balaban J connectivity index is 1.70. The van der Waals surface area contributed by atoms with Gasteiger partial charge in [-0.15, -0.1) is 0 Å². The fourth-order valence-electron chi connectivity index (χ4n) is 4.05. The number of ether oxygens (including phenoxy) is 3. The first kappa shape index (κ1) is 27.8. The van der Waals surface area contributed by atoms with Gasteiger partial charge in [0.25, 0.3) is 0 Å². The molecule has 7 nitrogen and oxygen atoms in total. The molecule has 3 aromatic rings. The number of aliphatic hydroxyl groups is 1. The number of fused-ring (bicyclic) bond motifs is 1. The first-order valence-corrected chi connectivity index (χ1v) is 12.3. The van der Waals surface area contributed by atoms with E-state index in [1.165, 1.54) is 32.2 Å². The zero-order valence-electron chi connectivity index (χ0n) is 21.9. The number of nitrogens with one attached hydrogen (secondary N) is 1. The van der Waals surface area contributed by atoms with Gasteiger partial charge in [0, 0.05) is 11.6 Å². The summed E-state index contributed by atoms with van der Waals surface area (Å²) in [6, 6.07) is 4.13. The summed E-state index contributed by atoms with van der Waals surface area (Å²) in [4.78, 5) is 8.59. The number of aryl methyl sites for hydroxylation is 1. The van der Waals surface area contributed by atoms with Crippen molar-refractivity contribution < 1.29 is 36.9 Å². The van der Waals surface area contributed by atoms with Crippen LogP contribution in [0.15, 0.2) is 24.3 Å². The predicted octanol–water partition coefficient (Wildman–Crippen LogP) is 5.82. The predicted molar refractivity (Wildman–Crippen MR) is 134 cm³/mol. The van der Waals surface area contributed by atoms with E-state index in [-0.39, 0.29) is 53.1 Å². The summed E-state index contributed by atoms with van der Waals surface area (Å²) >= 11 is 0. The van der Waals surface area contributed by atoms with Crippen LogP contribution in [0, 0.1) is 18.6 Å². The van der Waals surface area contributed by atoms with Crippen LogP contribution in [0.1, 0.15) is 56.6 Å². The smallest absolute Gasteiger partial charge is 0.303 e. The zero-order chi connectivity index (χ0) is 27.8. The van der Waals surface area contributed by atoms with Gasteiger partial charge in [0.2, 0.25) is 0 Å². The Bertz CT molecular complexity index is 1330. The molecular formula is C27H31F4N3O4. The van der Waals surface area contributed by atoms with Crippen LogP contribution in [0.2, 0.25) is 0 Å². The summed E-state index contributed by atoms with van der Waals surface area (Å²) in [5.74, 6) is -5.53. The maximum Gasteiger partial charge on any atom is 0.303 e. The van der Waals surface area contributed by atoms with Gasteiger partial charge in [0.15, 0.2) is 17.3 Å². The Morgan fingerprint density at radius 1 is 1.13 bits per heavy atom. The summed E-state index contributed by atoms with van der Waals surface area (Å²) in [5, 5.41) is 12.8. The fourth-order valence-corrected chi connectivity index (χ4v) is 4.05. The van der Waals surface area contributed by atoms with E-state index < -0.39 is 34.8 Å². The monoisotopic (exact) mass is 537 g/mol. The van der Waals surface area contributed by atoms with E-state index in [1.807, 2.05) is 0 Å². The van der Waals surface area contributed by atoms with E-state index in [1.54, 1.807) is 6.92 Å².